The molecule has 1 aromatic rings. The molecule has 0 radical (unpaired) electrons. The summed E-state index contributed by atoms with van der Waals surface area (Å²) in [6.07, 6.45) is -5.80. The number of thioether (sulfide) groups is 1. The Kier molecular flexibility index (Phi) is 5.46. The lowest BCUT2D eigenvalue weighted by Crippen LogP contribution is -2.57. The van der Waals surface area contributed by atoms with Crippen LogP contribution in [0.15, 0.2) is 23.3 Å². The Hall–Kier alpha value is -1.32. The van der Waals surface area contributed by atoms with Gasteiger partial charge in [0.15, 0.2) is 0 Å². The van der Waals surface area contributed by atoms with E-state index < -0.39 is 30.0 Å². The summed E-state index contributed by atoms with van der Waals surface area (Å²) in [4.78, 5) is 12.0. The van der Waals surface area contributed by atoms with Crippen molar-refractivity contribution in [1.29, 1.82) is 0 Å². The fraction of sp³-hybridized carbons (Fsp3) is 0.429. The third-order valence-corrected chi connectivity index (χ3v) is 4.63. The fourth-order valence-electron chi connectivity index (χ4n) is 2.15. The van der Waals surface area contributed by atoms with E-state index in [2.05, 4.69) is 5.10 Å². The highest BCUT2D eigenvalue weighted by atomic mass is 35.5. The van der Waals surface area contributed by atoms with Crippen LogP contribution in [0, 0.1) is 5.82 Å². The number of carbonyl (C=O) groups is 1. The van der Waals surface area contributed by atoms with Crippen LogP contribution in [0.5, 0.6) is 0 Å². The van der Waals surface area contributed by atoms with Gasteiger partial charge in [-0.3, -0.25) is 4.79 Å². The lowest BCUT2D eigenvalue weighted by Gasteiger charge is -2.32. The van der Waals surface area contributed by atoms with E-state index in [4.69, 9.17) is 11.6 Å². The van der Waals surface area contributed by atoms with Crippen LogP contribution in [0.3, 0.4) is 0 Å². The van der Waals surface area contributed by atoms with E-state index in [0.717, 1.165) is 17.8 Å². The topological polar surface area (TPSA) is 52.9 Å². The molecule has 10 heteroatoms. The minimum Gasteiger partial charge on any atom is -0.362 e. The molecular formula is C14H13ClF4N2O2S. The molecule has 0 spiro atoms. The van der Waals surface area contributed by atoms with E-state index >= 15 is 0 Å². The number of hydrogen-bond acceptors (Lipinski definition) is 4. The third-order valence-electron chi connectivity index (χ3n) is 3.31. The molecule has 0 saturated carbocycles. The van der Waals surface area contributed by atoms with Gasteiger partial charge < -0.3 is 5.11 Å². The Morgan fingerprint density at radius 1 is 1.50 bits per heavy atom. The minimum absolute atomic E-state index is 0.00903. The third kappa shape index (κ3) is 3.84. The molecule has 1 aromatic carbocycles. The average molecular weight is 385 g/mol. The van der Waals surface area contributed by atoms with Crippen molar-refractivity contribution in [3.05, 3.63) is 34.6 Å². The molecule has 0 bridgehead atoms. The summed E-state index contributed by atoms with van der Waals surface area (Å²) in [5, 5.41) is 13.6. The lowest BCUT2D eigenvalue weighted by molar-refractivity contribution is -0.301. The van der Waals surface area contributed by atoms with Crippen LogP contribution in [0.1, 0.15) is 18.9 Å². The summed E-state index contributed by atoms with van der Waals surface area (Å²) in [6, 6.07) is 3.73. The van der Waals surface area contributed by atoms with E-state index in [1.54, 1.807) is 0 Å². The van der Waals surface area contributed by atoms with Crippen LogP contribution in [0.25, 0.3) is 0 Å². The first kappa shape index (κ1) is 19.0. The van der Waals surface area contributed by atoms with Crippen LogP contribution in [-0.2, 0) is 10.5 Å². The average Bonchev–Trinajstić information content (AvgIpc) is 2.77. The maximum atomic E-state index is 13.0. The molecule has 1 atom stereocenters. The summed E-state index contributed by atoms with van der Waals surface area (Å²) in [7, 11) is 0. The quantitative estimate of drug-likeness (QED) is 0.807. The number of aliphatic hydroxyl groups is 1. The van der Waals surface area contributed by atoms with Gasteiger partial charge in [-0.1, -0.05) is 17.7 Å². The van der Waals surface area contributed by atoms with Crippen molar-refractivity contribution in [1.82, 2.24) is 5.01 Å². The van der Waals surface area contributed by atoms with Gasteiger partial charge in [0.25, 0.3) is 11.6 Å². The number of nitrogens with zero attached hydrogens (tertiary/aromatic N) is 2. The summed E-state index contributed by atoms with van der Waals surface area (Å²) in [5.41, 5.74) is -2.76. The number of amides is 1. The zero-order valence-electron chi connectivity index (χ0n) is 12.4. The SMILES string of the molecule is CC1=NN(C(=O)CSCc2ccc(F)cc2Cl)[C@@](O)(C(F)(F)F)C1. The maximum absolute atomic E-state index is 13.0. The molecular weight excluding hydrogens is 372 g/mol. The van der Waals surface area contributed by atoms with E-state index in [1.807, 2.05) is 0 Å². The smallest absolute Gasteiger partial charge is 0.362 e. The van der Waals surface area contributed by atoms with Crippen LogP contribution in [0.2, 0.25) is 5.02 Å². The number of hydrogen-bond donors (Lipinski definition) is 1. The van der Waals surface area contributed by atoms with Crippen molar-refractivity contribution in [3.63, 3.8) is 0 Å². The predicted molar refractivity (Wildman–Crippen MR) is 83.1 cm³/mol. The number of benzene rings is 1. The van der Waals surface area contributed by atoms with Gasteiger partial charge in [-0.05, 0) is 24.6 Å². The van der Waals surface area contributed by atoms with Crippen LogP contribution < -0.4 is 0 Å². The second-order valence-electron chi connectivity index (χ2n) is 5.26. The molecule has 0 unspecified atom stereocenters. The lowest BCUT2D eigenvalue weighted by atomic mass is 10.1. The molecule has 132 valence electrons. The van der Waals surface area contributed by atoms with Gasteiger partial charge in [0.2, 0.25) is 0 Å². The van der Waals surface area contributed by atoms with Crippen molar-refractivity contribution < 1.29 is 27.5 Å². The molecule has 1 heterocycles. The summed E-state index contributed by atoms with van der Waals surface area (Å²) in [5.74, 6) is -1.63. The van der Waals surface area contributed by atoms with E-state index in [1.165, 1.54) is 19.1 Å². The molecule has 1 amide bonds. The zero-order chi connectivity index (χ0) is 18.1. The standard InChI is InChI=1S/C14H13ClF4N2O2S/c1-8-5-13(23,14(17,18)19)21(20-8)12(22)7-24-6-9-2-3-10(16)4-11(9)15/h2-4,23H,5-7H2,1H3/t13-/m0/s1. The highest BCUT2D eigenvalue weighted by Gasteiger charge is 2.62. The van der Waals surface area contributed by atoms with Crippen molar-refractivity contribution in [3.8, 4) is 0 Å². The molecule has 1 aliphatic rings. The van der Waals surface area contributed by atoms with Gasteiger partial charge in [-0.15, -0.1) is 11.8 Å². The van der Waals surface area contributed by atoms with Crippen molar-refractivity contribution >= 4 is 35.0 Å². The van der Waals surface area contributed by atoms with E-state index in [0.29, 0.717) is 5.56 Å². The maximum Gasteiger partial charge on any atom is 0.438 e. The van der Waals surface area contributed by atoms with Gasteiger partial charge in [-0.2, -0.15) is 23.3 Å². The second-order valence-corrected chi connectivity index (χ2v) is 6.65. The largest absolute Gasteiger partial charge is 0.438 e. The molecule has 1 aliphatic heterocycles. The fourth-order valence-corrected chi connectivity index (χ4v) is 3.33. The highest BCUT2D eigenvalue weighted by Crippen LogP contribution is 2.40. The first-order valence-corrected chi connectivity index (χ1v) is 8.26. The number of alkyl halides is 3. The van der Waals surface area contributed by atoms with Gasteiger partial charge >= 0.3 is 6.18 Å². The van der Waals surface area contributed by atoms with Gasteiger partial charge in [0, 0.05) is 22.9 Å². The molecule has 24 heavy (non-hydrogen) atoms. The minimum atomic E-state index is -5.02. The summed E-state index contributed by atoms with van der Waals surface area (Å²) in [6.45, 7) is 1.30. The molecule has 4 nitrogen and oxygen atoms in total. The Morgan fingerprint density at radius 3 is 2.75 bits per heavy atom. The summed E-state index contributed by atoms with van der Waals surface area (Å²) < 4.78 is 52.0. The second kappa shape index (κ2) is 6.89. The zero-order valence-corrected chi connectivity index (χ0v) is 14.0. The normalized spacial score (nSPS) is 21.1. The van der Waals surface area contributed by atoms with Crippen molar-refractivity contribution in [2.24, 2.45) is 5.10 Å². The van der Waals surface area contributed by atoms with Crippen LogP contribution >= 0.6 is 23.4 Å². The van der Waals surface area contributed by atoms with Gasteiger partial charge in [0.1, 0.15) is 5.82 Å². The van der Waals surface area contributed by atoms with Crippen LogP contribution in [0.4, 0.5) is 17.6 Å². The number of carbonyl (C=O) groups excluding carboxylic acids is 1. The summed E-state index contributed by atoms with van der Waals surface area (Å²) >= 11 is 6.83. The van der Waals surface area contributed by atoms with Gasteiger partial charge in [0.05, 0.1) is 5.75 Å². The molecule has 0 aliphatic carbocycles. The van der Waals surface area contributed by atoms with E-state index in [-0.39, 0.29) is 27.2 Å². The first-order valence-electron chi connectivity index (χ1n) is 6.72. The Bertz CT molecular complexity index is 683. The molecule has 0 saturated heterocycles. The molecule has 2 rings (SSSR count). The van der Waals surface area contributed by atoms with Crippen molar-refractivity contribution in [2.75, 3.05) is 5.75 Å². The Morgan fingerprint density at radius 2 is 2.17 bits per heavy atom. The number of hydrazone groups is 1. The Balaban J connectivity index is 2.01. The Labute approximate surface area is 144 Å². The predicted octanol–water partition coefficient (Wildman–Crippen LogP) is 3.57. The van der Waals surface area contributed by atoms with Crippen LogP contribution in [-0.4, -0.2) is 39.4 Å². The highest BCUT2D eigenvalue weighted by molar-refractivity contribution is 7.99. The monoisotopic (exact) mass is 384 g/mol. The van der Waals surface area contributed by atoms with E-state index in [9.17, 15) is 27.5 Å². The van der Waals surface area contributed by atoms with Crippen molar-refractivity contribution in [2.45, 2.75) is 31.0 Å². The molecule has 0 fully saturated rings. The molecule has 1 N–H and O–H groups in total. The first-order chi connectivity index (χ1) is 11.0. The van der Waals surface area contributed by atoms with Gasteiger partial charge in [-0.25, -0.2) is 4.39 Å². The number of rotatable bonds is 4. The molecule has 0 aromatic heterocycles. The number of halogens is 5.